The predicted molar refractivity (Wildman–Crippen MR) is 160 cm³/mol. The summed E-state index contributed by atoms with van der Waals surface area (Å²) in [6.45, 7) is 8.51. The van der Waals surface area contributed by atoms with Crippen LogP contribution >= 0.6 is 116 Å². The van der Waals surface area contributed by atoms with Crippen LogP contribution in [0.15, 0.2) is 20.1 Å². The lowest BCUT2D eigenvalue weighted by Gasteiger charge is -2.37. The van der Waals surface area contributed by atoms with E-state index >= 15 is 0 Å². The van der Waals surface area contributed by atoms with Gasteiger partial charge in [-0.15, -0.1) is 69.6 Å². The topological polar surface area (TPSA) is 0 Å². The minimum Gasteiger partial charge on any atom is -0.120 e. The first-order chi connectivity index (χ1) is 16.5. The normalized spacial score (nSPS) is 43.5. The van der Waals surface area contributed by atoms with E-state index in [0.29, 0.717) is 45.8 Å². The molecule has 36 heavy (non-hydrogen) atoms. The zero-order valence-electron chi connectivity index (χ0n) is 19.9. The summed E-state index contributed by atoms with van der Waals surface area (Å²) in [6, 6.07) is 0. The maximum atomic E-state index is 7.10. The Morgan fingerprint density at radius 1 is 0.528 bits per heavy atom. The van der Waals surface area contributed by atoms with Gasteiger partial charge in [-0.2, -0.15) is 0 Å². The summed E-state index contributed by atoms with van der Waals surface area (Å²) in [5.74, 6) is -0.378. The van der Waals surface area contributed by atoms with Gasteiger partial charge >= 0.3 is 0 Å². The monoisotopic (exact) mass is 686 g/mol. The lowest BCUT2D eigenvalue weighted by atomic mass is 9.77. The molecule has 0 saturated heterocycles. The Labute approximate surface area is 262 Å². The van der Waals surface area contributed by atoms with Crippen LogP contribution in [0.3, 0.4) is 0 Å². The first kappa shape index (κ1) is 29.1. The Bertz CT molecular complexity index is 1160. The van der Waals surface area contributed by atoms with Gasteiger partial charge in [0.1, 0.15) is 0 Å². The molecule has 0 amide bonds. The summed E-state index contributed by atoms with van der Waals surface area (Å²) in [5.41, 5.74) is 7.09. The van der Waals surface area contributed by atoms with E-state index in [4.69, 9.17) is 116 Å². The van der Waals surface area contributed by atoms with E-state index < -0.39 is 30.3 Å². The number of hydrogen-bond acceptors (Lipinski definition) is 0. The van der Waals surface area contributed by atoms with Crippen molar-refractivity contribution in [3.05, 3.63) is 53.5 Å². The van der Waals surface area contributed by atoms with Crippen LogP contribution < -0.4 is 0 Å². The van der Waals surface area contributed by atoms with Crippen LogP contribution in [-0.2, 0) is 12.8 Å². The molecular weight excluding hydrogens is 667 g/mol. The number of rotatable bonds is 4. The highest BCUT2D eigenvalue weighted by Crippen LogP contribution is 2.69. The van der Waals surface area contributed by atoms with E-state index in [1.165, 1.54) is 27.8 Å². The average molecular weight is 691 g/mol. The Balaban J connectivity index is 1.56. The van der Waals surface area contributed by atoms with Crippen molar-refractivity contribution >= 4 is 116 Å². The largest absolute Gasteiger partial charge is 0.120 e. The molecule has 0 aromatic heterocycles. The average Bonchev–Trinajstić information content (AvgIpc) is 3.30. The van der Waals surface area contributed by atoms with E-state index in [0.717, 1.165) is 5.56 Å². The number of alkyl halides is 6. The molecule has 0 radical (unpaired) electrons. The Hall–Kier alpha value is 1.60. The van der Waals surface area contributed by atoms with Gasteiger partial charge < -0.3 is 0 Å². The molecule has 8 atom stereocenters. The second-order valence-corrected chi connectivity index (χ2v) is 16.1. The second-order valence-electron chi connectivity index (χ2n) is 10.9. The van der Waals surface area contributed by atoms with Crippen molar-refractivity contribution in [1.82, 2.24) is 0 Å². The van der Waals surface area contributed by atoms with Crippen LogP contribution in [-0.4, -0.2) is 30.3 Å². The first-order valence-corrected chi connectivity index (χ1v) is 15.6. The molecule has 4 aliphatic rings. The molecule has 198 valence electrons. The van der Waals surface area contributed by atoms with Crippen molar-refractivity contribution in [2.75, 3.05) is 0 Å². The smallest absolute Gasteiger partial charge is 0.0999 e. The molecule has 4 aliphatic carbocycles. The van der Waals surface area contributed by atoms with E-state index in [-0.39, 0.29) is 11.8 Å². The quantitative estimate of drug-likeness (QED) is 0.276. The summed E-state index contributed by atoms with van der Waals surface area (Å²) >= 11 is 67.9. The standard InChI is InChI=1S/C26H24Cl10/c1-9-10(2)13(5-15-17(27)25(35)7-23(15,33)19(29)21(25)31)12(4)14(11(9)3)6-16-18(28)26(36)8-24(16,34)20(30)22(26)32/h15-18H,5-8H2,1-4H3. The van der Waals surface area contributed by atoms with Crippen molar-refractivity contribution in [1.29, 1.82) is 0 Å². The highest BCUT2D eigenvalue weighted by molar-refractivity contribution is 6.54. The first-order valence-electron chi connectivity index (χ1n) is 11.7. The summed E-state index contributed by atoms with van der Waals surface area (Å²) < 4.78 is 0. The van der Waals surface area contributed by atoms with Crippen molar-refractivity contribution in [2.24, 2.45) is 11.8 Å². The third kappa shape index (κ3) is 3.55. The third-order valence-corrected chi connectivity index (χ3v) is 16.0. The van der Waals surface area contributed by atoms with E-state index in [2.05, 4.69) is 27.7 Å². The van der Waals surface area contributed by atoms with Crippen LogP contribution in [0.1, 0.15) is 46.2 Å². The molecule has 5 rings (SSSR count). The molecule has 8 unspecified atom stereocenters. The van der Waals surface area contributed by atoms with Gasteiger partial charge in [-0.3, -0.25) is 0 Å². The Morgan fingerprint density at radius 2 is 0.833 bits per heavy atom. The third-order valence-electron chi connectivity index (χ3n) is 9.41. The van der Waals surface area contributed by atoms with E-state index in [9.17, 15) is 0 Å². The SMILES string of the molecule is Cc1c(C)c(CC2C(Cl)C3(Cl)CC2(Cl)C(Cl)=C3Cl)c(C)c(CC2C(Cl)C3(Cl)CC2(Cl)C(Cl)=C3Cl)c1C. The minimum atomic E-state index is -0.950. The van der Waals surface area contributed by atoms with E-state index in [1.807, 2.05) is 0 Å². The number of halogens is 10. The van der Waals surface area contributed by atoms with Crippen LogP contribution in [0.5, 0.6) is 0 Å². The van der Waals surface area contributed by atoms with E-state index in [1.54, 1.807) is 0 Å². The van der Waals surface area contributed by atoms with Gasteiger partial charge in [-0.25, -0.2) is 0 Å². The summed E-state index contributed by atoms with van der Waals surface area (Å²) in [6.07, 6.45) is 2.05. The molecule has 10 heteroatoms. The maximum Gasteiger partial charge on any atom is 0.0999 e. The molecule has 1 aromatic carbocycles. The molecule has 2 saturated carbocycles. The van der Waals surface area contributed by atoms with Crippen molar-refractivity contribution in [3.63, 3.8) is 0 Å². The molecule has 4 bridgehead atoms. The molecule has 0 N–H and O–H groups in total. The molecule has 0 spiro atoms. The number of hydrogen-bond donors (Lipinski definition) is 0. The predicted octanol–water partition coefficient (Wildman–Crippen LogP) is 10.6. The van der Waals surface area contributed by atoms with Gasteiger partial charge in [0.05, 0.1) is 50.4 Å². The van der Waals surface area contributed by atoms with Gasteiger partial charge in [0.2, 0.25) is 0 Å². The van der Waals surface area contributed by atoms with Gasteiger partial charge in [-0.05, 0) is 86.8 Å². The summed E-state index contributed by atoms with van der Waals surface area (Å²) in [5, 5.41) is 0.624. The van der Waals surface area contributed by atoms with Crippen LogP contribution in [0.4, 0.5) is 0 Å². The number of allylic oxidation sites excluding steroid dienone is 4. The highest BCUT2D eigenvalue weighted by Gasteiger charge is 2.69. The van der Waals surface area contributed by atoms with Crippen LogP contribution in [0.25, 0.3) is 0 Å². The van der Waals surface area contributed by atoms with Gasteiger partial charge in [-0.1, -0.05) is 46.4 Å². The lowest BCUT2D eigenvalue weighted by Crippen LogP contribution is -2.39. The van der Waals surface area contributed by atoms with Crippen molar-refractivity contribution in [2.45, 2.75) is 83.6 Å². The molecular formula is C26H24Cl10. The van der Waals surface area contributed by atoms with Crippen molar-refractivity contribution < 1.29 is 0 Å². The summed E-state index contributed by atoms with van der Waals surface area (Å²) in [4.78, 5) is -3.69. The zero-order valence-corrected chi connectivity index (χ0v) is 27.5. The lowest BCUT2D eigenvalue weighted by molar-refractivity contribution is 0.462. The fraction of sp³-hybridized carbons (Fsp3) is 0.615. The van der Waals surface area contributed by atoms with Crippen LogP contribution in [0, 0.1) is 39.5 Å². The Morgan fingerprint density at radius 3 is 1.14 bits per heavy atom. The maximum absolute atomic E-state index is 7.10. The van der Waals surface area contributed by atoms with Gasteiger partial charge in [0, 0.05) is 11.8 Å². The van der Waals surface area contributed by atoms with Crippen molar-refractivity contribution in [3.8, 4) is 0 Å². The molecule has 1 aromatic rings. The van der Waals surface area contributed by atoms with Gasteiger partial charge in [0.25, 0.3) is 0 Å². The Kier molecular flexibility index (Phi) is 7.32. The number of fused-ring (bicyclic) bond motifs is 4. The highest BCUT2D eigenvalue weighted by atomic mass is 35.5. The van der Waals surface area contributed by atoms with Crippen LogP contribution in [0.2, 0.25) is 0 Å². The minimum absolute atomic E-state index is 0.189. The second kappa shape index (κ2) is 9.05. The molecule has 0 aliphatic heterocycles. The molecule has 0 nitrogen and oxygen atoms in total. The fourth-order valence-electron chi connectivity index (χ4n) is 6.98. The molecule has 0 heterocycles. The zero-order chi connectivity index (χ0) is 26.9. The fourth-order valence-corrected chi connectivity index (χ4v) is 11.9. The summed E-state index contributed by atoms with van der Waals surface area (Å²) in [7, 11) is 0. The number of benzene rings is 1. The van der Waals surface area contributed by atoms with Gasteiger partial charge in [0.15, 0.2) is 0 Å². The molecule has 2 fully saturated rings.